The molecular formula is C21H19N3O4. The monoisotopic (exact) mass is 377 g/mol. The smallest absolute Gasteiger partial charge is 0.330 e. The van der Waals surface area contributed by atoms with Crippen LogP contribution >= 0.6 is 0 Å². The molecule has 0 bridgehead atoms. The number of methoxy groups -OCH3 is 1. The molecule has 2 aromatic heterocycles. The number of ether oxygens (including phenoxy) is 1. The Bertz CT molecular complexity index is 1290. The summed E-state index contributed by atoms with van der Waals surface area (Å²) < 4.78 is 9.65. The van der Waals surface area contributed by atoms with Crippen molar-refractivity contribution in [3.05, 3.63) is 75.6 Å². The minimum Gasteiger partial charge on any atom is -0.508 e. The second kappa shape index (κ2) is 6.45. The van der Waals surface area contributed by atoms with Gasteiger partial charge < -0.3 is 14.4 Å². The standard InChI is InChI=1S/C21H19N3O4/c1-22-17-12-24(14-6-8-15(25)9-7-14)19(13-4-10-16(28-3)11-5-13)18(17)20(26)23(2)21(22)27/h4-12,25H,1-3H3. The van der Waals surface area contributed by atoms with Crippen LogP contribution in [-0.2, 0) is 14.1 Å². The Labute approximate surface area is 160 Å². The van der Waals surface area contributed by atoms with E-state index in [0.29, 0.717) is 22.3 Å². The van der Waals surface area contributed by atoms with E-state index in [4.69, 9.17) is 4.74 Å². The molecule has 0 spiro atoms. The van der Waals surface area contributed by atoms with E-state index in [2.05, 4.69) is 0 Å². The Morgan fingerprint density at radius 2 is 1.54 bits per heavy atom. The molecule has 7 heteroatoms. The number of phenols is 1. The maximum Gasteiger partial charge on any atom is 0.330 e. The van der Waals surface area contributed by atoms with Crippen molar-refractivity contribution >= 4 is 10.9 Å². The first-order valence-corrected chi connectivity index (χ1v) is 8.67. The Morgan fingerprint density at radius 3 is 2.14 bits per heavy atom. The SMILES string of the molecule is COc1ccc(-c2c3c(=O)n(C)c(=O)n(C)c3cn2-c2ccc(O)cc2)cc1. The molecule has 2 aromatic carbocycles. The van der Waals surface area contributed by atoms with Crippen LogP contribution in [0.15, 0.2) is 64.3 Å². The number of aromatic hydroxyl groups is 1. The zero-order valence-corrected chi connectivity index (χ0v) is 15.7. The lowest BCUT2D eigenvalue weighted by Gasteiger charge is -2.11. The van der Waals surface area contributed by atoms with Gasteiger partial charge in [-0.15, -0.1) is 0 Å². The average Bonchev–Trinajstić information content (AvgIpc) is 3.12. The lowest BCUT2D eigenvalue weighted by molar-refractivity contribution is 0.415. The molecule has 4 rings (SSSR count). The summed E-state index contributed by atoms with van der Waals surface area (Å²) in [5, 5.41) is 10.1. The Morgan fingerprint density at radius 1 is 0.893 bits per heavy atom. The minimum absolute atomic E-state index is 0.148. The predicted molar refractivity (Wildman–Crippen MR) is 107 cm³/mol. The number of hydrogen-bond donors (Lipinski definition) is 1. The third-order valence-electron chi connectivity index (χ3n) is 4.93. The summed E-state index contributed by atoms with van der Waals surface area (Å²) in [5.41, 5.74) is 2.02. The van der Waals surface area contributed by atoms with Gasteiger partial charge in [-0.3, -0.25) is 13.9 Å². The van der Waals surface area contributed by atoms with Crippen LogP contribution in [0, 0.1) is 0 Å². The van der Waals surface area contributed by atoms with Gasteiger partial charge in [-0.2, -0.15) is 0 Å². The van der Waals surface area contributed by atoms with E-state index in [1.165, 1.54) is 11.6 Å². The van der Waals surface area contributed by atoms with Crippen LogP contribution in [0.5, 0.6) is 11.5 Å². The van der Waals surface area contributed by atoms with Crippen LogP contribution in [0.1, 0.15) is 0 Å². The molecular weight excluding hydrogens is 358 g/mol. The summed E-state index contributed by atoms with van der Waals surface area (Å²) in [7, 11) is 4.71. The summed E-state index contributed by atoms with van der Waals surface area (Å²) in [5.74, 6) is 0.853. The van der Waals surface area contributed by atoms with Crippen LogP contribution in [-0.4, -0.2) is 25.9 Å². The summed E-state index contributed by atoms with van der Waals surface area (Å²) in [6.45, 7) is 0. The van der Waals surface area contributed by atoms with Crippen molar-refractivity contribution in [1.82, 2.24) is 13.7 Å². The average molecular weight is 377 g/mol. The van der Waals surface area contributed by atoms with Gasteiger partial charge in [0.15, 0.2) is 0 Å². The molecule has 0 atom stereocenters. The number of nitrogens with zero attached hydrogens (tertiary/aromatic N) is 3. The molecule has 0 saturated carbocycles. The van der Waals surface area contributed by atoms with E-state index >= 15 is 0 Å². The maximum atomic E-state index is 13.0. The molecule has 28 heavy (non-hydrogen) atoms. The van der Waals surface area contributed by atoms with Crippen molar-refractivity contribution in [3.8, 4) is 28.4 Å². The second-order valence-electron chi connectivity index (χ2n) is 6.56. The predicted octanol–water partition coefficient (Wildman–Crippen LogP) is 2.41. The number of aromatic nitrogens is 3. The fourth-order valence-electron chi connectivity index (χ4n) is 3.39. The van der Waals surface area contributed by atoms with Crippen LogP contribution in [0.4, 0.5) is 0 Å². The first-order valence-electron chi connectivity index (χ1n) is 8.67. The topological polar surface area (TPSA) is 78.4 Å². The fraction of sp³-hybridized carbons (Fsp3) is 0.143. The lowest BCUT2D eigenvalue weighted by Crippen LogP contribution is -2.36. The van der Waals surface area contributed by atoms with Crippen molar-refractivity contribution in [3.63, 3.8) is 0 Å². The van der Waals surface area contributed by atoms with E-state index in [-0.39, 0.29) is 17.0 Å². The van der Waals surface area contributed by atoms with E-state index in [9.17, 15) is 14.7 Å². The van der Waals surface area contributed by atoms with E-state index in [1.807, 2.05) is 28.8 Å². The van der Waals surface area contributed by atoms with Crippen molar-refractivity contribution in [2.24, 2.45) is 14.1 Å². The number of hydrogen-bond acceptors (Lipinski definition) is 4. The summed E-state index contributed by atoms with van der Waals surface area (Å²) >= 11 is 0. The lowest BCUT2D eigenvalue weighted by atomic mass is 10.1. The molecule has 0 amide bonds. The molecule has 0 unspecified atom stereocenters. The number of aryl methyl sites for hydroxylation is 1. The second-order valence-corrected chi connectivity index (χ2v) is 6.56. The number of rotatable bonds is 3. The number of benzene rings is 2. The highest BCUT2D eigenvalue weighted by Crippen LogP contribution is 2.32. The van der Waals surface area contributed by atoms with E-state index < -0.39 is 0 Å². The summed E-state index contributed by atoms with van der Waals surface area (Å²) in [6, 6.07) is 14.0. The quantitative estimate of drug-likeness (QED) is 0.595. The highest BCUT2D eigenvalue weighted by Gasteiger charge is 2.20. The Kier molecular flexibility index (Phi) is 4.07. The maximum absolute atomic E-state index is 13.0. The molecule has 0 aliphatic rings. The van der Waals surface area contributed by atoms with Crippen LogP contribution in [0.3, 0.4) is 0 Å². The molecule has 1 N–H and O–H groups in total. The van der Waals surface area contributed by atoms with Crippen LogP contribution < -0.4 is 16.0 Å². The third-order valence-corrected chi connectivity index (χ3v) is 4.93. The highest BCUT2D eigenvalue weighted by molar-refractivity contribution is 5.94. The summed E-state index contributed by atoms with van der Waals surface area (Å²) in [6.07, 6.45) is 1.77. The fourth-order valence-corrected chi connectivity index (χ4v) is 3.39. The van der Waals surface area contributed by atoms with Gasteiger partial charge in [-0.1, -0.05) is 0 Å². The van der Waals surface area contributed by atoms with Gasteiger partial charge in [-0.25, -0.2) is 4.79 Å². The van der Waals surface area contributed by atoms with Crippen molar-refractivity contribution in [2.45, 2.75) is 0 Å². The largest absolute Gasteiger partial charge is 0.508 e. The Balaban J connectivity index is 2.14. The molecule has 0 aliphatic carbocycles. The number of fused-ring (bicyclic) bond motifs is 1. The third kappa shape index (κ3) is 2.60. The molecule has 142 valence electrons. The molecule has 0 saturated heterocycles. The molecule has 0 radical (unpaired) electrons. The summed E-state index contributed by atoms with van der Waals surface area (Å²) in [4.78, 5) is 25.4. The van der Waals surface area contributed by atoms with E-state index in [1.54, 1.807) is 44.6 Å². The molecule has 4 aromatic rings. The van der Waals surface area contributed by atoms with Gasteiger partial charge in [0.1, 0.15) is 11.5 Å². The van der Waals surface area contributed by atoms with Crippen LogP contribution in [0.25, 0.3) is 27.8 Å². The normalized spacial score (nSPS) is 11.1. The zero-order valence-electron chi connectivity index (χ0n) is 15.7. The molecule has 0 fully saturated rings. The minimum atomic E-state index is -0.387. The van der Waals surface area contributed by atoms with Gasteiger partial charge >= 0.3 is 5.69 Å². The first-order chi connectivity index (χ1) is 13.4. The molecule has 0 aliphatic heterocycles. The zero-order chi connectivity index (χ0) is 20.0. The van der Waals surface area contributed by atoms with Crippen molar-refractivity contribution in [1.29, 1.82) is 0 Å². The van der Waals surface area contributed by atoms with Crippen molar-refractivity contribution < 1.29 is 9.84 Å². The molecule has 2 heterocycles. The van der Waals surface area contributed by atoms with Gasteiger partial charge in [0.25, 0.3) is 5.56 Å². The van der Waals surface area contributed by atoms with Gasteiger partial charge in [0, 0.05) is 26.0 Å². The van der Waals surface area contributed by atoms with Gasteiger partial charge in [-0.05, 0) is 54.1 Å². The highest BCUT2D eigenvalue weighted by atomic mass is 16.5. The Hall–Kier alpha value is -3.74. The number of phenolic OH excluding ortho intramolecular Hbond substituents is 1. The molecule has 7 nitrogen and oxygen atoms in total. The van der Waals surface area contributed by atoms with Gasteiger partial charge in [0.05, 0.1) is 23.7 Å². The van der Waals surface area contributed by atoms with Gasteiger partial charge in [0.2, 0.25) is 0 Å². The van der Waals surface area contributed by atoms with E-state index in [0.717, 1.165) is 15.8 Å². The first kappa shape index (κ1) is 17.7. The van der Waals surface area contributed by atoms with Crippen LogP contribution in [0.2, 0.25) is 0 Å². The van der Waals surface area contributed by atoms with Crippen molar-refractivity contribution in [2.75, 3.05) is 7.11 Å².